The highest BCUT2D eigenvalue weighted by Gasteiger charge is 2.18. The fourth-order valence-corrected chi connectivity index (χ4v) is 4.51. The Balaban J connectivity index is 1.49. The summed E-state index contributed by atoms with van der Waals surface area (Å²) in [5.74, 6) is -0.949. The van der Waals surface area contributed by atoms with Crippen LogP contribution in [0.25, 0.3) is 10.9 Å². The number of benzene rings is 3. The number of hydrogen-bond donors (Lipinski definition) is 3. The molecule has 0 aliphatic heterocycles. The first-order valence-electron chi connectivity index (χ1n) is 10.1. The van der Waals surface area contributed by atoms with Crippen molar-refractivity contribution >= 4 is 34.3 Å². The minimum absolute atomic E-state index is 0.231. The van der Waals surface area contributed by atoms with E-state index in [1.165, 1.54) is 23.0 Å². The average molecular weight is 432 g/mol. The number of carboxylic acid groups (broad SMARTS) is 1. The number of anilines is 1. The maximum atomic E-state index is 11.8. The Morgan fingerprint density at radius 2 is 1.65 bits per heavy atom. The molecule has 0 atom stereocenters. The molecule has 1 aromatic heterocycles. The molecule has 0 radical (unpaired) electrons. The fraction of sp³-hybridized carbons (Fsp3) is 0.160. The molecule has 158 valence electrons. The van der Waals surface area contributed by atoms with Crippen LogP contribution in [-0.2, 0) is 13.1 Å². The summed E-state index contributed by atoms with van der Waals surface area (Å²) < 4.78 is 0. The largest absolute Gasteiger partial charge is 0.477 e. The number of hydrogen-bond acceptors (Lipinski definition) is 4. The Morgan fingerprint density at radius 3 is 2.32 bits per heavy atom. The predicted octanol–water partition coefficient (Wildman–Crippen LogP) is 5.37. The van der Waals surface area contributed by atoms with E-state index in [1.807, 2.05) is 56.6 Å². The van der Waals surface area contributed by atoms with Gasteiger partial charge in [0.2, 0.25) is 0 Å². The quantitative estimate of drug-likeness (QED) is 0.350. The molecule has 3 N–H and O–H groups in total. The molecule has 0 aliphatic carbocycles. The molecule has 0 saturated carbocycles. The predicted molar refractivity (Wildman–Crippen MR) is 127 cm³/mol. The van der Waals surface area contributed by atoms with E-state index < -0.39 is 5.97 Å². The molecule has 3 aromatic carbocycles. The van der Waals surface area contributed by atoms with Gasteiger partial charge in [-0.15, -0.1) is 0 Å². The lowest BCUT2D eigenvalue weighted by Crippen LogP contribution is -2.13. The number of nitrogens with zero attached hydrogens (tertiary/aromatic N) is 1. The summed E-state index contributed by atoms with van der Waals surface area (Å²) in [5, 5.41) is 14.1. The number of aromatic amines is 1. The fourth-order valence-electron chi connectivity index (χ4n) is 3.45. The van der Waals surface area contributed by atoms with E-state index in [4.69, 9.17) is 0 Å². The molecule has 0 fully saturated rings. The highest BCUT2D eigenvalue weighted by molar-refractivity contribution is 7.99. The van der Waals surface area contributed by atoms with Crippen molar-refractivity contribution in [3.8, 4) is 0 Å². The molecule has 5 nitrogen and oxygen atoms in total. The molecule has 0 saturated heterocycles. The minimum Gasteiger partial charge on any atom is -0.477 e. The van der Waals surface area contributed by atoms with Gasteiger partial charge in [0.15, 0.2) is 0 Å². The molecule has 0 amide bonds. The van der Waals surface area contributed by atoms with Gasteiger partial charge in [-0.2, -0.15) is 0 Å². The van der Waals surface area contributed by atoms with E-state index in [0.717, 1.165) is 32.8 Å². The van der Waals surface area contributed by atoms with Crippen molar-refractivity contribution in [3.05, 3.63) is 89.6 Å². The van der Waals surface area contributed by atoms with Gasteiger partial charge in [-0.25, -0.2) is 4.79 Å². The van der Waals surface area contributed by atoms with Crippen molar-refractivity contribution in [1.82, 2.24) is 10.3 Å². The molecule has 0 unspecified atom stereocenters. The maximum absolute atomic E-state index is 11.8. The van der Waals surface area contributed by atoms with Crippen LogP contribution in [0.3, 0.4) is 0 Å². The van der Waals surface area contributed by atoms with E-state index in [9.17, 15) is 9.90 Å². The van der Waals surface area contributed by atoms with Gasteiger partial charge in [0.25, 0.3) is 0 Å². The molecule has 31 heavy (non-hydrogen) atoms. The first-order chi connectivity index (χ1) is 15.0. The molecule has 4 aromatic rings. The van der Waals surface area contributed by atoms with Crippen LogP contribution in [0.1, 0.15) is 21.6 Å². The number of nitrogens with one attached hydrogen (secondary N) is 2. The van der Waals surface area contributed by atoms with Crippen molar-refractivity contribution in [2.45, 2.75) is 22.9 Å². The van der Waals surface area contributed by atoms with E-state index in [2.05, 4.69) is 45.5 Å². The Kier molecular flexibility index (Phi) is 6.30. The second kappa shape index (κ2) is 9.29. The molecule has 0 spiro atoms. The minimum atomic E-state index is -0.949. The van der Waals surface area contributed by atoms with E-state index in [0.29, 0.717) is 6.54 Å². The van der Waals surface area contributed by atoms with Crippen molar-refractivity contribution in [2.75, 3.05) is 19.0 Å². The van der Waals surface area contributed by atoms with Crippen LogP contribution < -0.4 is 10.2 Å². The summed E-state index contributed by atoms with van der Waals surface area (Å²) in [6.45, 7) is 1.47. The van der Waals surface area contributed by atoms with Crippen LogP contribution in [0, 0.1) is 0 Å². The topological polar surface area (TPSA) is 68.4 Å². The van der Waals surface area contributed by atoms with E-state index >= 15 is 0 Å². The monoisotopic (exact) mass is 431 g/mol. The third kappa shape index (κ3) is 4.93. The van der Waals surface area contributed by atoms with Gasteiger partial charge in [-0.05, 0) is 41.5 Å². The number of rotatable bonds is 8. The van der Waals surface area contributed by atoms with Gasteiger partial charge in [0.05, 0.1) is 4.90 Å². The zero-order valence-corrected chi connectivity index (χ0v) is 18.4. The lowest BCUT2D eigenvalue weighted by molar-refractivity contribution is 0.0688. The first-order valence-corrected chi connectivity index (χ1v) is 10.9. The number of fused-ring (bicyclic) bond motifs is 1. The molecule has 0 aliphatic rings. The summed E-state index contributed by atoms with van der Waals surface area (Å²) in [6.07, 6.45) is 0. The number of carbonyl (C=O) groups is 1. The third-order valence-electron chi connectivity index (χ3n) is 5.10. The van der Waals surface area contributed by atoms with Crippen LogP contribution in [-0.4, -0.2) is 30.2 Å². The van der Waals surface area contributed by atoms with Gasteiger partial charge >= 0.3 is 5.97 Å². The number of carboxylic acids is 1. The average Bonchev–Trinajstić information content (AvgIpc) is 3.13. The summed E-state index contributed by atoms with van der Waals surface area (Å²) in [7, 11) is 4.06. The Labute approximate surface area is 186 Å². The van der Waals surface area contributed by atoms with Gasteiger partial charge < -0.3 is 20.3 Å². The number of H-pyrrole nitrogens is 1. The zero-order valence-electron chi connectivity index (χ0n) is 17.6. The maximum Gasteiger partial charge on any atom is 0.353 e. The Morgan fingerprint density at radius 1 is 0.968 bits per heavy atom. The lowest BCUT2D eigenvalue weighted by Gasteiger charge is -2.13. The summed E-state index contributed by atoms with van der Waals surface area (Å²) in [5.41, 5.74) is 4.58. The molecule has 1 heterocycles. The first kappa shape index (κ1) is 21.0. The Hall–Kier alpha value is -3.22. The summed E-state index contributed by atoms with van der Waals surface area (Å²) >= 11 is 1.47. The van der Waals surface area contributed by atoms with E-state index in [-0.39, 0.29) is 5.69 Å². The Bertz CT molecular complexity index is 1180. The lowest BCUT2D eigenvalue weighted by atomic mass is 10.1. The van der Waals surface area contributed by atoms with Crippen molar-refractivity contribution in [3.63, 3.8) is 0 Å². The van der Waals surface area contributed by atoms with Gasteiger partial charge in [-0.1, -0.05) is 54.2 Å². The zero-order chi connectivity index (χ0) is 21.8. The van der Waals surface area contributed by atoms with Crippen LogP contribution in [0.5, 0.6) is 0 Å². The van der Waals surface area contributed by atoms with Crippen molar-refractivity contribution < 1.29 is 9.90 Å². The summed E-state index contributed by atoms with van der Waals surface area (Å²) in [6, 6.07) is 24.4. The van der Waals surface area contributed by atoms with Crippen LogP contribution in [0.2, 0.25) is 0 Å². The molecule has 4 rings (SSSR count). The highest BCUT2D eigenvalue weighted by Crippen LogP contribution is 2.37. The van der Waals surface area contributed by atoms with Gasteiger partial charge in [0, 0.05) is 48.7 Å². The second-order valence-corrected chi connectivity index (χ2v) is 8.68. The van der Waals surface area contributed by atoms with E-state index in [1.54, 1.807) is 0 Å². The molecule has 0 bridgehead atoms. The van der Waals surface area contributed by atoms with Crippen LogP contribution in [0.4, 0.5) is 5.69 Å². The molecular formula is C25H25N3O2S. The van der Waals surface area contributed by atoms with Crippen molar-refractivity contribution in [1.29, 1.82) is 0 Å². The highest BCUT2D eigenvalue weighted by atomic mass is 32.2. The van der Waals surface area contributed by atoms with Crippen molar-refractivity contribution in [2.24, 2.45) is 0 Å². The third-order valence-corrected chi connectivity index (χ3v) is 6.24. The molecular weight excluding hydrogens is 406 g/mol. The normalized spacial score (nSPS) is 11.0. The van der Waals surface area contributed by atoms with Gasteiger partial charge in [0.1, 0.15) is 5.69 Å². The van der Waals surface area contributed by atoms with Crippen LogP contribution >= 0.6 is 11.8 Å². The van der Waals surface area contributed by atoms with Gasteiger partial charge in [-0.3, -0.25) is 0 Å². The number of aromatic nitrogens is 1. The standard InChI is InChI=1S/C25H25N3O2S/c1-28(2)19-11-8-17(9-12-19)15-26-16-18-10-13-21-22(14-18)27-23(25(29)30)24(21)31-20-6-4-3-5-7-20/h3-14,26-27H,15-16H2,1-2H3,(H,29,30). The second-order valence-electron chi connectivity index (χ2n) is 7.59. The smallest absolute Gasteiger partial charge is 0.353 e. The number of aromatic carboxylic acids is 1. The SMILES string of the molecule is CN(C)c1ccc(CNCc2ccc3c(Sc4ccccc4)c(C(=O)O)[nH]c3c2)cc1. The van der Waals surface area contributed by atoms with Crippen LogP contribution in [0.15, 0.2) is 82.6 Å². The molecule has 6 heteroatoms. The summed E-state index contributed by atoms with van der Waals surface area (Å²) in [4.78, 5) is 18.7.